The molecule has 5 heteroatoms. The van der Waals surface area contributed by atoms with Crippen LogP contribution in [0, 0.1) is 0 Å². The topological polar surface area (TPSA) is 0 Å². The van der Waals surface area contributed by atoms with E-state index < -0.39 is 11.7 Å². The third kappa shape index (κ3) is 3.47. The maximum atomic E-state index is 12.3. The Hall–Kier alpha value is -0.610. The highest BCUT2D eigenvalue weighted by Gasteiger charge is 2.30. The summed E-state index contributed by atoms with van der Waals surface area (Å²) in [5.41, 5.74) is -0.355. The first-order valence-electron chi connectivity index (χ1n) is 4.09. The van der Waals surface area contributed by atoms with E-state index in [0.29, 0.717) is 16.3 Å². The molecule has 0 saturated heterocycles. The second-order valence-electron chi connectivity index (χ2n) is 2.82. The van der Waals surface area contributed by atoms with Crippen LogP contribution in [0.1, 0.15) is 11.1 Å². The molecule has 1 aromatic rings. The van der Waals surface area contributed by atoms with Gasteiger partial charge in [-0.05, 0) is 23.8 Å². The van der Waals surface area contributed by atoms with E-state index in [9.17, 15) is 13.2 Å². The van der Waals surface area contributed by atoms with Crippen molar-refractivity contribution in [2.45, 2.75) is 6.18 Å². The van der Waals surface area contributed by atoms with Gasteiger partial charge < -0.3 is 0 Å². The molecule has 0 nitrogen and oxygen atoms in total. The third-order valence-corrected chi connectivity index (χ3v) is 2.28. The van der Waals surface area contributed by atoms with Crippen molar-refractivity contribution in [1.82, 2.24) is 0 Å². The van der Waals surface area contributed by atoms with Crippen LogP contribution in [0.5, 0.6) is 0 Å². The zero-order valence-corrected chi connectivity index (χ0v) is 9.20. The monoisotopic (exact) mass is 252 g/mol. The minimum atomic E-state index is -4.34. The van der Waals surface area contributed by atoms with E-state index in [0.717, 1.165) is 12.1 Å². The molecular formula is C10H8ClF3S. The number of hydrogen-bond donors (Lipinski definition) is 1. The smallest absolute Gasteiger partial charge is 0.175 e. The number of benzene rings is 1. The summed E-state index contributed by atoms with van der Waals surface area (Å²) in [5.74, 6) is 0.451. The zero-order valence-electron chi connectivity index (χ0n) is 7.55. The Labute approximate surface area is 96.2 Å². The van der Waals surface area contributed by atoms with E-state index >= 15 is 0 Å². The van der Waals surface area contributed by atoms with Gasteiger partial charge in [-0.15, -0.1) is 0 Å². The van der Waals surface area contributed by atoms with Crippen molar-refractivity contribution in [3.8, 4) is 0 Å². The fourth-order valence-electron chi connectivity index (χ4n) is 1.03. The van der Waals surface area contributed by atoms with Gasteiger partial charge in [0.2, 0.25) is 0 Å². The van der Waals surface area contributed by atoms with Crippen LogP contribution in [0.4, 0.5) is 13.2 Å². The molecule has 0 bridgehead atoms. The summed E-state index contributed by atoms with van der Waals surface area (Å²) in [4.78, 5) is 0. The van der Waals surface area contributed by atoms with Gasteiger partial charge in [0.15, 0.2) is 0 Å². The Morgan fingerprint density at radius 2 is 2.00 bits per heavy atom. The fourth-order valence-corrected chi connectivity index (χ4v) is 1.31. The lowest BCUT2D eigenvalue weighted by molar-refractivity contribution is -0.137. The SMILES string of the molecule is FC(F)(F)c1ccc(Cl)c(C=CCS)c1. The molecule has 1 rings (SSSR count). The van der Waals surface area contributed by atoms with Crippen LogP contribution < -0.4 is 0 Å². The molecule has 82 valence electrons. The summed E-state index contributed by atoms with van der Waals surface area (Å²) in [6, 6.07) is 3.21. The third-order valence-electron chi connectivity index (χ3n) is 1.73. The van der Waals surface area contributed by atoms with Crippen molar-refractivity contribution in [2.24, 2.45) is 0 Å². The summed E-state index contributed by atoms with van der Waals surface area (Å²) < 4.78 is 37.0. The van der Waals surface area contributed by atoms with Crippen molar-refractivity contribution in [1.29, 1.82) is 0 Å². The van der Waals surface area contributed by atoms with Crippen LogP contribution in [0.25, 0.3) is 6.08 Å². The zero-order chi connectivity index (χ0) is 11.5. The van der Waals surface area contributed by atoms with Crippen molar-refractivity contribution in [3.05, 3.63) is 40.4 Å². The normalized spacial score (nSPS) is 12.3. The van der Waals surface area contributed by atoms with E-state index in [1.54, 1.807) is 6.08 Å². The molecular weight excluding hydrogens is 245 g/mol. The first-order chi connectivity index (χ1) is 6.95. The van der Waals surface area contributed by atoms with Crippen LogP contribution in [-0.2, 0) is 6.18 Å². The molecule has 0 aliphatic carbocycles. The van der Waals surface area contributed by atoms with Gasteiger partial charge in [-0.3, -0.25) is 0 Å². The predicted molar refractivity (Wildman–Crippen MR) is 59.3 cm³/mol. The molecule has 0 spiro atoms. The van der Waals surface area contributed by atoms with E-state index in [2.05, 4.69) is 12.6 Å². The predicted octanol–water partition coefficient (Wildman–Crippen LogP) is 4.30. The Morgan fingerprint density at radius 1 is 1.33 bits per heavy atom. The van der Waals surface area contributed by atoms with Gasteiger partial charge in [-0.1, -0.05) is 23.8 Å². The van der Waals surface area contributed by atoms with Gasteiger partial charge in [0.25, 0.3) is 0 Å². The fraction of sp³-hybridized carbons (Fsp3) is 0.200. The highest BCUT2D eigenvalue weighted by atomic mass is 35.5. The first-order valence-corrected chi connectivity index (χ1v) is 5.10. The lowest BCUT2D eigenvalue weighted by Crippen LogP contribution is -2.04. The van der Waals surface area contributed by atoms with Crippen LogP contribution in [-0.4, -0.2) is 5.75 Å². The highest BCUT2D eigenvalue weighted by molar-refractivity contribution is 7.80. The van der Waals surface area contributed by atoms with Crippen molar-refractivity contribution in [2.75, 3.05) is 5.75 Å². The highest BCUT2D eigenvalue weighted by Crippen LogP contribution is 2.32. The van der Waals surface area contributed by atoms with E-state index in [1.165, 1.54) is 12.1 Å². The van der Waals surface area contributed by atoms with Crippen molar-refractivity contribution < 1.29 is 13.2 Å². The van der Waals surface area contributed by atoms with Crippen LogP contribution in [0.3, 0.4) is 0 Å². The van der Waals surface area contributed by atoms with Crippen molar-refractivity contribution >= 4 is 30.3 Å². The quantitative estimate of drug-likeness (QED) is 0.746. The van der Waals surface area contributed by atoms with Gasteiger partial charge >= 0.3 is 6.18 Å². The average Bonchev–Trinajstić information content (AvgIpc) is 2.15. The molecule has 0 fully saturated rings. The van der Waals surface area contributed by atoms with Crippen LogP contribution in [0.2, 0.25) is 5.02 Å². The second-order valence-corrected chi connectivity index (χ2v) is 3.59. The van der Waals surface area contributed by atoms with E-state index in [1.807, 2.05) is 0 Å². The Morgan fingerprint density at radius 3 is 2.53 bits per heavy atom. The maximum absolute atomic E-state index is 12.3. The molecule has 0 unspecified atom stereocenters. The molecule has 15 heavy (non-hydrogen) atoms. The van der Waals surface area contributed by atoms with Crippen LogP contribution >= 0.6 is 24.2 Å². The minimum absolute atomic E-state index is 0.293. The number of alkyl halides is 3. The Balaban J connectivity index is 3.11. The summed E-state index contributed by atoms with van der Waals surface area (Å²) in [6.45, 7) is 0. The standard InChI is InChI=1S/C10H8ClF3S/c11-9-4-3-8(10(12,13)14)6-7(9)2-1-5-15/h1-4,6,15H,5H2. The summed E-state index contributed by atoms with van der Waals surface area (Å²) in [7, 11) is 0. The first kappa shape index (κ1) is 12.5. The molecule has 0 atom stereocenters. The van der Waals surface area contributed by atoms with Gasteiger partial charge in [0.1, 0.15) is 0 Å². The minimum Gasteiger partial charge on any atom is -0.175 e. The summed E-state index contributed by atoms with van der Waals surface area (Å²) in [5, 5.41) is 0.293. The number of hydrogen-bond acceptors (Lipinski definition) is 1. The van der Waals surface area contributed by atoms with Crippen molar-refractivity contribution in [3.63, 3.8) is 0 Å². The van der Waals surface area contributed by atoms with E-state index in [4.69, 9.17) is 11.6 Å². The molecule has 0 radical (unpaired) electrons. The van der Waals surface area contributed by atoms with Gasteiger partial charge in [-0.25, -0.2) is 0 Å². The number of rotatable bonds is 2. The van der Waals surface area contributed by atoms with Gasteiger partial charge in [0.05, 0.1) is 5.56 Å². The maximum Gasteiger partial charge on any atom is 0.416 e. The van der Waals surface area contributed by atoms with Gasteiger partial charge in [0, 0.05) is 10.8 Å². The molecule has 0 heterocycles. The second kappa shape index (κ2) is 4.94. The number of thiol groups is 1. The lowest BCUT2D eigenvalue weighted by Gasteiger charge is -2.08. The van der Waals surface area contributed by atoms with E-state index in [-0.39, 0.29) is 0 Å². The molecule has 0 aliphatic rings. The van der Waals surface area contributed by atoms with Crippen LogP contribution in [0.15, 0.2) is 24.3 Å². The van der Waals surface area contributed by atoms with Gasteiger partial charge in [-0.2, -0.15) is 25.8 Å². The number of halogens is 4. The largest absolute Gasteiger partial charge is 0.416 e. The Kier molecular flexibility index (Phi) is 4.11. The molecule has 1 aromatic carbocycles. The average molecular weight is 253 g/mol. The summed E-state index contributed by atoms with van der Waals surface area (Å²) in [6.07, 6.45) is -1.19. The molecule has 0 N–H and O–H groups in total. The molecule has 0 saturated carbocycles. The summed E-state index contributed by atoms with van der Waals surface area (Å²) >= 11 is 9.65. The lowest BCUT2D eigenvalue weighted by atomic mass is 10.1. The molecule has 0 aliphatic heterocycles. The molecule has 0 aromatic heterocycles. The molecule has 0 amide bonds. The Bertz CT molecular complexity index is 371.